The number of halogens is 1. The van der Waals surface area contributed by atoms with E-state index in [9.17, 15) is 9.65 Å². The number of rotatable bonds is 4. The number of nitriles is 1. The number of methoxy groups -OCH3 is 1. The maximum Gasteiger partial charge on any atom is 0.165 e. The molecule has 0 fully saturated rings. The summed E-state index contributed by atoms with van der Waals surface area (Å²) in [5.74, 6) is -0.551. The summed E-state index contributed by atoms with van der Waals surface area (Å²) in [6.07, 6.45) is 0.603. The van der Waals surface area contributed by atoms with E-state index in [0.717, 1.165) is 11.1 Å². The van der Waals surface area contributed by atoms with Crippen LogP contribution in [0.4, 0.5) is 4.39 Å². The molecule has 2 aromatic carbocycles. The lowest BCUT2D eigenvalue weighted by Gasteiger charge is -2.11. The van der Waals surface area contributed by atoms with E-state index in [1.54, 1.807) is 12.1 Å². The van der Waals surface area contributed by atoms with Crippen molar-refractivity contribution < 1.29 is 9.13 Å². The lowest BCUT2D eigenvalue weighted by atomic mass is 9.93. The van der Waals surface area contributed by atoms with Crippen LogP contribution < -0.4 is 4.74 Å². The molecule has 0 heterocycles. The number of hydrogen-bond donors (Lipinski definition) is 0. The molecule has 0 N–H and O–H groups in total. The van der Waals surface area contributed by atoms with Gasteiger partial charge in [-0.05, 0) is 29.7 Å². The first kappa shape index (κ1) is 13.1. The molecule has 0 unspecified atom stereocenters. The van der Waals surface area contributed by atoms with Gasteiger partial charge in [0.15, 0.2) is 11.6 Å². The standard InChI is InChI=1S/C16H14FNO/c1-19-16-10-13(7-8-15(16)17)14(11-18)9-12-5-3-2-4-6-12/h2-8,10,14H,9H2,1H3/t14-/m1/s1. The van der Waals surface area contributed by atoms with Gasteiger partial charge in [-0.25, -0.2) is 4.39 Å². The zero-order valence-corrected chi connectivity index (χ0v) is 10.6. The van der Waals surface area contributed by atoms with Crippen molar-refractivity contribution in [3.8, 4) is 11.8 Å². The fraction of sp³-hybridized carbons (Fsp3) is 0.188. The summed E-state index contributed by atoms with van der Waals surface area (Å²) in [6, 6.07) is 16.6. The zero-order chi connectivity index (χ0) is 13.7. The number of nitrogens with zero attached hydrogens (tertiary/aromatic N) is 1. The van der Waals surface area contributed by atoms with Crippen LogP contribution in [0.15, 0.2) is 48.5 Å². The molecule has 0 amide bonds. The highest BCUT2D eigenvalue weighted by molar-refractivity contribution is 5.36. The fourth-order valence-electron chi connectivity index (χ4n) is 1.98. The Hall–Kier alpha value is -2.34. The van der Waals surface area contributed by atoms with Crippen LogP contribution in [0.5, 0.6) is 5.75 Å². The van der Waals surface area contributed by atoms with Gasteiger partial charge in [0.25, 0.3) is 0 Å². The summed E-state index contributed by atoms with van der Waals surface area (Å²) in [6.45, 7) is 0. The van der Waals surface area contributed by atoms with Crippen LogP contribution in [-0.4, -0.2) is 7.11 Å². The summed E-state index contributed by atoms with van der Waals surface area (Å²) in [5, 5.41) is 9.29. The van der Waals surface area contributed by atoms with Gasteiger partial charge in [0.2, 0.25) is 0 Å². The molecule has 3 heteroatoms. The van der Waals surface area contributed by atoms with Crippen molar-refractivity contribution in [1.82, 2.24) is 0 Å². The minimum atomic E-state index is -0.414. The molecular weight excluding hydrogens is 241 g/mol. The Bertz CT molecular complexity index is 589. The van der Waals surface area contributed by atoms with Gasteiger partial charge in [-0.1, -0.05) is 36.4 Å². The number of benzene rings is 2. The monoisotopic (exact) mass is 255 g/mol. The van der Waals surface area contributed by atoms with E-state index in [1.807, 2.05) is 30.3 Å². The van der Waals surface area contributed by atoms with Gasteiger partial charge in [0.05, 0.1) is 19.1 Å². The Kier molecular flexibility index (Phi) is 4.15. The second kappa shape index (κ2) is 6.01. The second-order valence-electron chi connectivity index (χ2n) is 4.27. The molecule has 0 aromatic heterocycles. The van der Waals surface area contributed by atoms with Crippen molar-refractivity contribution in [2.24, 2.45) is 0 Å². The number of ether oxygens (including phenoxy) is 1. The van der Waals surface area contributed by atoms with E-state index in [2.05, 4.69) is 6.07 Å². The predicted molar refractivity (Wildman–Crippen MR) is 71.5 cm³/mol. The molecule has 19 heavy (non-hydrogen) atoms. The maximum atomic E-state index is 13.4. The lowest BCUT2D eigenvalue weighted by molar-refractivity contribution is 0.385. The van der Waals surface area contributed by atoms with Crippen molar-refractivity contribution >= 4 is 0 Å². The minimum absolute atomic E-state index is 0.172. The van der Waals surface area contributed by atoms with Crippen LogP contribution in [0.2, 0.25) is 0 Å². The fourth-order valence-corrected chi connectivity index (χ4v) is 1.98. The van der Waals surface area contributed by atoms with Gasteiger partial charge in [0, 0.05) is 0 Å². The zero-order valence-electron chi connectivity index (χ0n) is 10.6. The first-order chi connectivity index (χ1) is 9.24. The van der Waals surface area contributed by atoms with Gasteiger partial charge in [-0.2, -0.15) is 5.26 Å². The van der Waals surface area contributed by atoms with E-state index in [-0.39, 0.29) is 11.7 Å². The normalized spacial score (nSPS) is 11.6. The SMILES string of the molecule is COc1cc([C@@H](C#N)Cc2ccccc2)ccc1F. The second-order valence-corrected chi connectivity index (χ2v) is 4.27. The van der Waals surface area contributed by atoms with Crippen LogP contribution in [-0.2, 0) is 6.42 Å². The van der Waals surface area contributed by atoms with Crippen molar-refractivity contribution in [2.45, 2.75) is 12.3 Å². The Labute approximate surface area is 112 Å². The molecule has 0 radical (unpaired) electrons. The van der Waals surface area contributed by atoms with Crippen LogP contribution in [0, 0.1) is 17.1 Å². The molecule has 0 spiro atoms. The van der Waals surface area contributed by atoms with Crippen molar-refractivity contribution in [2.75, 3.05) is 7.11 Å². The van der Waals surface area contributed by atoms with Gasteiger partial charge >= 0.3 is 0 Å². The predicted octanol–water partition coefficient (Wildman–Crippen LogP) is 3.68. The molecule has 1 atom stereocenters. The van der Waals surface area contributed by atoms with Crippen LogP contribution in [0.1, 0.15) is 17.0 Å². The smallest absolute Gasteiger partial charge is 0.165 e. The molecular formula is C16H14FNO. The topological polar surface area (TPSA) is 33.0 Å². The van der Waals surface area contributed by atoms with E-state index in [1.165, 1.54) is 13.2 Å². The summed E-state index contributed by atoms with van der Waals surface area (Å²) in [4.78, 5) is 0. The van der Waals surface area contributed by atoms with Crippen LogP contribution in [0.3, 0.4) is 0 Å². The lowest BCUT2D eigenvalue weighted by Crippen LogP contribution is -2.01. The largest absolute Gasteiger partial charge is 0.494 e. The molecule has 2 rings (SSSR count). The highest BCUT2D eigenvalue weighted by Crippen LogP contribution is 2.26. The van der Waals surface area contributed by atoms with Crippen molar-refractivity contribution in [1.29, 1.82) is 5.26 Å². The molecule has 96 valence electrons. The van der Waals surface area contributed by atoms with Gasteiger partial charge in [-0.3, -0.25) is 0 Å². The summed E-state index contributed by atoms with van der Waals surface area (Å²) >= 11 is 0. The van der Waals surface area contributed by atoms with Gasteiger partial charge in [-0.15, -0.1) is 0 Å². The Balaban J connectivity index is 2.25. The Morgan fingerprint density at radius 1 is 1.21 bits per heavy atom. The third-order valence-electron chi connectivity index (χ3n) is 3.02. The molecule has 0 bridgehead atoms. The summed E-state index contributed by atoms with van der Waals surface area (Å²) < 4.78 is 18.3. The summed E-state index contributed by atoms with van der Waals surface area (Å²) in [7, 11) is 1.42. The maximum absolute atomic E-state index is 13.4. The third-order valence-corrected chi connectivity index (χ3v) is 3.02. The number of hydrogen-bond acceptors (Lipinski definition) is 2. The van der Waals surface area contributed by atoms with Gasteiger partial charge in [0.1, 0.15) is 0 Å². The van der Waals surface area contributed by atoms with Crippen molar-refractivity contribution in [3.05, 3.63) is 65.5 Å². The summed E-state index contributed by atoms with van der Waals surface area (Å²) in [5.41, 5.74) is 1.85. The third kappa shape index (κ3) is 3.11. The van der Waals surface area contributed by atoms with E-state index >= 15 is 0 Å². The molecule has 2 aromatic rings. The molecule has 2 nitrogen and oxygen atoms in total. The van der Waals surface area contributed by atoms with Gasteiger partial charge < -0.3 is 4.74 Å². The average Bonchev–Trinajstić information content (AvgIpc) is 2.46. The average molecular weight is 255 g/mol. The van der Waals surface area contributed by atoms with Crippen LogP contribution >= 0.6 is 0 Å². The van der Waals surface area contributed by atoms with E-state index in [4.69, 9.17) is 4.74 Å². The molecule has 0 aliphatic heterocycles. The molecule has 0 aliphatic rings. The quantitative estimate of drug-likeness (QED) is 0.834. The molecule has 0 saturated heterocycles. The Morgan fingerprint density at radius 3 is 2.58 bits per heavy atom. The Morgan fingerprint density at radius 2 is 1.95 bits per heavy atom. The molecule has 0 saturated carbocycles. The van der Waals surface area contributed by atoms with Crippen molar-refractivity contribution in [3.63, 3.8) is 0 Å². The van der Waals surface area contributed by atoms with E-state index in [0.29, 0.717) is 6.42 Å². The first-order valence-electron chi connectivity index (χ1n) is 6.01. The minimum Gasteiger partial charge on any atom is -0.494 e. The molecule has 0 aliphatic carbocycles. The highest BCUT2D eigenvalue weighted by Gasteiger charge is 2.14. The van der Waals surface area contributed by atoms with Crippen LogP contribution in [0.25, 0.3) is 0 Å². The first-order valence-corrected chi connectivity index (χ1v) is 6.01. The van der Waals surface area contributed by atoms with E-state index < -0.39 is 5.82 Å². The highest BCUT2D eigenvalue weighted by atomic mass is 19.1.